The molecule has 0 spiro atoms. The van der Waals surface area contributed by atoms with Crippen LogP contribution in [0.15, 0.2) is 0 Å². The molecule has 0 unspecified atom stereocenters. The molecule has 0 aliphatic carbocycles. The van der Waals surface area contributed by atoms with Gasteiger partial charge in [-0.25, -0.2) is 0 Å². The van der Waals surface area contributed by atoms with Gasteiger partial charge in [0.1, 0.15) is 0 Å². The molecule has 0 saturated heterocycles. The van der Waals surface area contributed by atoms with E-state index in [2.05, 4.69) is 26.1 Å². The minimum atomic E-state index is 1.03. The summed E-state index contributed by atoms with van der Waals surface area (Å²) in [6, 6.07) is 0. The van der Waals surface area contributed by atoms with Crippen molar-refractivity contribution >= 4 is 0 Å². The van der Waals surface area contributed by atoms with E-state index in [1.807, 2.05) is 0 Å². The Bertz CT molecular complexity index is 458. The van der Waals surface area contributed by atoms with Crippen molar-refractivity contribution in [2.75, 3.05) is 13.1 Å². The Morgan fingerprint density at radius 3 is 0.705 bits per heavy atom. The summed E-state index contributed by atoms with van der Waals surface area (Å²) in [5.74, 6) is 1.03. The lowest BCUT2D eigenvalue weighted by Gasteiger charge is -2.17. The fraction of sp³-hybridized carbons (Fsp3) is 1.00. The summed E-state index contributed by atoms with van der Waals surface area (Å²) in [6.45, 7) is 9.46. The van der Waals surface area contributed by atoms with Crippen molar-refractivity contribution in [2.45, 2.75) is 258 Å². The molecule has 0 aromatic rings. The maximum Gasteiger partial charge on any atom is -0.00489 e. The standard InChI is InChI=1S/C43H89N/c1-4-7-10-13-16-17-18-19-20-21-23-26-31-36-41-44-42-37-32-27-24-22-25-30-35-40-43(38-33-28-14-11-8-5-2)39-34-29-15-12-9-6-3/h43-44H,4-42H2,1-3H3. The molecular formula is C43H89N. The molecule has 0 aromatic heterocycles. The molecule has 0 amide bonds. The maximum absolute atomic E-state index is 3.71. The van der Waals surface area contributed by atoms with E-state index in [1.54, 1.807) is 0 Å². The predicted molar refractivity (Wildman–Crippen MR) is 204 cm³/mol. The molecule has 0 aromatic carbocycles. The Morgan fingerprint density at radius 1 is 0.250 bits per heavy atom. The zero-order chi connectivity index (χ0) is 31.9. The van der Waals surface area contributed by atoms with Crippen LogP contribution in [0, 0.1) is 5.92 Å². The van der Waals surface area contributed by atoms with Gasteiger partial charge in [0, 0.05) is 0 Å². The third-order valence-electron chi connectivity index (χ3n) is 10.4. The second kappa shape index (κ2) is 41.0. The van der Waals surface area contributed by atoms with E-state index in [0.29, 0.717) is 0 Å². The Hall–Kier alpha value is -0.0400. The average molecular weight is 620 g/mol. The third kappa shape index (κ3) is 38.1. The molecule has 0 atom stereocenters. The van der Waals surface area contributed by atoms with Crippen molar-refractivity contribution in [1.29, 1.82) is 0 Å². The second-order valence-electron chi connectivity index (χ2n) is 14.9. The zero-order valence-electron chi connectivity index (χ0n) is 31.7. The summed E-state index contributed by atoms with van der Waals surface area (Å²) in [4.78, 5) is 0. The highest BCUT2D eigenvalue weighted by Gasteiger charge is 2.09. The normalized spacial score (nSPS) is 11.7. The Balaban J connectivity index is 3.46. The summed E-state index contributed by atoms with van der Waals surface area (Å²) in [6.07, 6.45) is 54.1. The summed E-state index contributed by atoms with van der Waals surface area (Å²) in [7, 11) is 0. The van der Waals surface area contributed by atoms with Crippen LogP contribution in [0.1, 0.15) is 258 Å². The largest absolute Gasteiger partial charge is 0.317 e. The smallest absolute Gasteiger partial charge is 0.00489 e. The average Bonchev–Trinajstić information content (AvgIpc) is 3.03. The molecule has 0 rings (SSSR count). The van der Waals surface area contributed by atoms with Gasteiger partial charge in [0.2, 0.25) is 0 Å². The van der Waals surface area contributed by atoms with E-state index in [-0.39, 0.29) is 0 Å². The van der Waals surface area contributed by atoms with E-state index in [1.165, 1.54) is 251 Å². The number of rotatable bonds is 40. The third-order valence-corrected chi connectivity index (χ3v) is 10.4. The fourth-order valence-electron chi connectivity index (χ4n) is 7.17. The van der Waals surface area contributed by atoms with Crippen LogP contribution in [-0.4, -0.2) is 13.1 Å². The molecule has 0 bridgehead atoms. The molecule has 0 aliphatic heterocycles. The quantitative estimate of drug-likeness (QED) is 0.0673. The molecule has 0 heterocycles. The number of hydrogen-bond donors (Lipinski definition) is 1. The summed E-state index contributed by atoms with van der Waals surface area (Å²) < 4.78 is 0. The Morgan fingerprint density at radius 2 is 0.455 bits per heavy atom. The highest BCUT2D eigenvalue weighted by molar-refractivity contribution is 4.62. The van der Waals surface area contributed by atoms with Crippen LogP contribution in [0.4, 0.5) is 0 Å². The first-order valence-corrected chi connectivity index (χ1v) is 21.6. The van der Waals surface area contributed by atoms with Crippen molar-refractivity contribution < 1.29 is 0 Å². The maximum atomic E-state index is 3.71. The van der Waals surface area contributed by atoms with Gasteiger partial charge in [0.25, 0.3) is 0 Å². The molecular weight excluding hydrogens is 530 g/mol. The van der Waals surface area contributed by atoms with E-state index >= 15 is 0 Å². The molecule has 1 nitrogen and oxygen atoms in total. The zero-order valence-corrected chi connectivity index (χ0v) is 31.7. The van der Waals surface area contributed by atoms with Crippen LogP contribution in [0.25, 0.3) is 0 Å². The van der Waals surface area contributed by atoms with Gasteiger partial charge < -0.3 is 5.32 Å². The lowest BCUT2D eigenvalue weighted by atomic mass is 9.89. The van der Waals surface area contributed by atoms with Crippen molar-refractivity contribution in [3.8, 4) is 0 Å². The van der Waals surface area contributed by atoms with Crippen molar-refractivity contribution in [3.05, 3.63) is 0 Å². The summed E-state index contributed by atoms with van der Waals surface area (Å²) in [5.41, 5.74) is 0. The second-order valence-corrected chi connectivity index (χ2v) is 14.9. The van der Waals surface area contributed by atoms with E-state index < -0.39 is 0 Å². The Labute approximate surface area is 282 Å². The first kappa shape index (κ1) is 44.0. The van der Waals surface area contributed by atoms with E-state index in [0.717, 1.165) is 5.92 Å². The van der Waals surface area contributed by atoms with Gasteiger partial charge >= 0.3 is 0 Å². The highest BCUT2D eigenvalue weighted by Crippen LogP contribution is 2.25. The van der Waals surface area contributed by atoms with Crippen molar-refractivity contribution in [3.63, 3.8) is 0 Å². The van der Waals surface area contributed by atoms with E-state index in [9.17, 15) is 0 Å². The number of hydrogen-bond acceptors (Lipinski definition) is 1. The predicted octanol–water partition coefficient (Wildman–Crippen LogP) is 15.7. The lowest BCUT2D eigenvalue weighted by Crippen LogP contribution is -2.16. The van der Waals surface area contributed by atoms with Gasteiger partial charge in [-0.1, -0.05) is 245 Å². The highest BCUT2D eigenvalue weighted by atomic mass is 14.8. The van der Waals surface area contributed by atoms with Crippen LogP contribution in [-0.2, 0) is 0 Å². The van der Waals surface area contributed by atoms with Gasteiger partial charge in [-0.15, -0.1) is 0 Å². The van der Waals surface area contributed by atoms with Crippen molar-refractivity contribution in [1.82, 2.24) is 5.32 Å². The first-order chi connectivity index (χ1) is 21.8. The Kier molecular flexibility index (Phi) is 40.9. The minimum absolute atomic E-state index is 1.03. The monoisotopic (exact) mass is 620 g/mol. The molecule has 1 heteroatoms. The number of unbranched alkanes of at least 4 members (excludes halogenated alkanes) is 30. The van der Waals surface area contributed by atoms with Gasteiger partial charge in [-0.3, -0.25) is 0 Å². The van der Waals surface area contributed by atoms with Crippen LogP contribution < -0.4 is 5.32 Å². The lowest BCUT2D eigenvalue weighted by molar-refractivity contribution is 0.365. The first-order valence-electron chi connectivity index (χ1n) is 21.6. The van der Waals surface area contributed by atoms with Gasteiger partial charge in [0.05, 0.1) is 0 Å². The summed E-state index contributed by atoms with van der Waals surface area (Å²) >= 11 is 0. The van der Waals surface area contributed by atoms with Crippen LogP contribution in [0.2, 0.25) is 0 Å². The minimum Gasteiger partial charge on any atom is -0.317 e. The topological polar surface area (TPSA) is 12.0 Å². The van der Waals surface area contributed by atoms with Crippen LogP contribution in [0.3, 0.4) is 0 Å². The van der Waals surface area contributed by atoms with Gasteiger partial charge in [-0.05, 0) is 31.8 Å². The molecule has 266 valence electrons. The van der Waals surface area contributed by atoms with Gasteiger partial charge in [0.15, 0.2) is 0 Å². The molecule has 1 N–H and O–H groups in total. The van der Waals surface area contributed by atoms with Crippen LogP contribution >= 0.6 is 0 Å². The SMILES string of the molecule is CCCCCCCCCCCCCCCCNCCCCCCCCCCC(CCCCCCCC)CCCCCCCC. The molecule has 0 fully saturated rings. The van der Waals surface area contributed by atoms with Gasteiger partial charge in [-0.2, -0.15) is 0 Å². The van der Waals surface area contributed by atoms with E-state index in [4.69, 9.17) is 0 Å². The number of nitrogens with one attached hydrogen (secondary N) is 1. The fourth-order valence-corrected chi connectivity index (χ4v) is 7.17. The van der Waals surface area contributed by atoms with Crippen molar-refractivity contribution in [2.24, 2.45) is 5.92 Å². The van der Waals surface area contributed by atoms with Crippen LogP contribution in [0.5, 0.6) is 0 Å². The summed E-state index contributed by atoms with van der Waals surface area (Å²) in [5, 5.41) is 3.71. The molecule has 44 heavy (non-hydrogen) atoms. The molecule has 0 radical (unpaired) electrons. The molecule has 0 saturated carbocycles. The molecule has 0 aliphatic rings.